The lowest BCUT2D eigenvalue weighted by atomic mass is 10.4. The normalized spacial score (nSPS) is 9.07. The Balaban J connectivity index is 3.88. The van der Waals surface area contributed by atoms with Crippen LogP contribution < -0.4 is 14.8 Å². The van der Waals surface area contributed by atoms with Gasteiger partial charge in [0, 0.05) is 6.54 Å². The van der Waals surface area contributed by atoms with E-state index in [1.54, 1.807) is 19.1 Å². The zero-order chi connectivity index (χ0) is 10.7. The summed E-state index contributed by atoms with van der Waals surface area (Å²) in [6.07, 6.45) is 0. The molecule has 0 saturated carbocycles. The predicted octanol–water partition coefficient (Wildman–Crippen LogP) is -0.462. The molecule has 0 spiro atoms. The predicted molar refractivity (Wildman–Crippen MR) is 53.7 cm³/mol. The molecular weight excluding hydrogens is 198 g/mol. The monoisotopic (exact) mass is 205 g/mol. The molecule has 0 saturated heterocycles. The summed E-state index contributed by atoms with van der Waals surface area (Å²) in [6.45, 7) is 5.77. The van der Waals surface area contributed by atoms with Crippen LogP contribution in [0.4, 0.5) is 0 Å². The molecule has 0 atom stereocenters. The van der Waals surface area contributed by atoms with Crippen LogP contribution in [0.1, 0.15) is 6.92 Å². The van der Waals surface area contributed by atoms with Gasteiger partial charge >= 0.3 is 0 Å². The Morgan fingerprint density at radius 3 is 2.57 bits per heavy atom. The van der Waals surface area contributed by atoms with Crippen LogP contribution >= 0.6 is 11.3 Å². The molecule has 0 aliphatic heterocycles. The van der Waals surface area contributed by atoms with Crippen LogP contribution in [-0.2, 0) is 6.54 Å². The van der Waals surface area contributed by atoms with E-state index >= 15 is 0 Å². The van der Waals surface area contributed by atoms with Crippen LogP contribution in [0, 0.1) is 22.7 Å². The van der Waals surface area contributed by atoms with E-state index in [0.717, 1.165) is 11.3 Å². The largest absolute Gasteiger partial charge is 0.298 e. The Bertz CT molecular complexity index is 578. The average molecular weight is 205 g/mol. The van der Waals surface area contributed by atoms with Crippen LogP contribution in [0.25, 0.3) is 12.2 Å². The summed E-state index contributed by atoms with van der Waals surface area (Å²) in [5, 5.41) is 17.3. The molecule has 0 aromatic carbocycles. The quantitative estimate of drug-likeness (QED) is 0.622. The fourth-order valence-corrected chi connectivity index (χ4v) is 2.00. The highest BCUT2D eigenvalue weighted by atomic mass is 32.1. The maximum atomic E-state index is 11.4. The molecule has 1 rings (SSSR count). The van der Waals surface area contributed by atoms with Gasteiger partial charge in [-0.25, -0.2) is 0 Å². The first-order valence-electron chi connectivity index (χ1n) is 3.88. The minimum atomic E-state index is -0.226. The third kappa shape index (κ3) is 1.46. The molecule has 0 aliphatic rings. The van der Waals surface area contributed by atoms with Gasteiger partial charge in [0.2, 0.25) is 0 Å². The summed E-state index contributed by atoms with van der Waals surface area (Å²) >= 11 is 1.08. The lowest BCUT2D eigenvalue weighted by Crippen LogP contribution is -2.30. The molecule has 0 aliphatic carbocycles. The highest BCUT2D eigenvalue weighted by Gasteiger charge is 2.05. The maximum absolute atomic E-state index is 11.4. The first-order chi connectivity index (χ1) is 6.65. The number of rotatable bonds is 1. The van der Waals surface area contributed by atoms with Gasteiger partial charge in [0.05, 0.1) is 4.53 Å². The zero-order valence-corrected chi connectivity index (χ0v) is 8.39. The Morgan fingerprint density at radius 2 is 2.14 bits per heavy atom. The van der Waals surface area contributed by atoms with Gasteiger partial charge in [0.1, 0.15) is 16.8 Å². The van der Waals surface area contributed by atoms with Crippen molar-refractivity contribution in [2.45, 2.75) is 13.5 Å². The second kappa shape index (κ2) is 3.91. The van der Waals surface area contributed by atoms with Crippen molar-refractivity contribution in [3.8, 4) is 12.1 Å². The van der Waals surface area contributed by atoms with E-state index in [2.05, 4.69) is 6.58 Å². The topological polar surface area (TPSA) is 69.6 Å². The van der Waals surface area contributed by atoms with Gasteiger partial charge in [-0.3, -0.25) is 9.36 Å². The standard InChI is InChI=1S/C9H7N3OS/c1-3-12-8(13)6(2)14-9(12)7(4-10)5-11/h2-3H2,1H3. The Morgan fingerprint density at radius 1 is 1.57 bits per heavy atom. The second-order valence-electron chi connectivity index (χ2n) is 2.48. The third-order valence-corrected chi connectivity index (χ3v) is 2.74. The molecule has 0 radical (unpaired) electrons. The van der Waals surface area contributed by atoms with Crippen LogP contribution in [0.3, 0.4) is 0 Å². The minimum Gasteiger partial charge on any atom is -0.298 e. The van der Waals surface area contributed by atoms with Gasteiger partial charge in [0.15, 0.2) is 5.57 Å². The van der Waals surface area contributed by atoms with E-state index in [-0.39, 0.29) is 11.1 Å². The van der Waals surface area contributed by atoms with Crippen molar-refractivity contribution in [2.24, 2.45) is 0 Å². The number of hydrogen-bond donors (Lipinski definition) is 0. The first-order valence-corrected chi connectivity index (χ1v) is 4.70. The summed E-state index contributed by atoms with van der Waals surface area (Å²) in [6, 6.07) is 3.52. The van der Waals surface area contributed by atoms with Crippen molar-refractivity contribution in [1.82, 2.24) is 4.57 Å². The van der Waals surface area contributed by atoms with Gasteiger partial charge in [-0.05, 0) is 6.92 Å². The zero-order valence-electron chi connectivity index (χ0n) is 7.57. The van der Waals surface area contributed by atoms with Crippen molar-refractivity contribution in [3.63, 3.8) is 0 Å². The van der Waals surface area contributed by atoms with E-state index in [0.29, 0.717) is 15.7 Å². The Hall–Kier alpha value is -1.85. The Kier molecular flexibility index (Phi) is 2.85. The van der Waals surface area contributed by atoms with E-state index in [1.165, 1.54) is 4.57 Å². The van der Waals surface area contributed by atoms with Crippen molar-refractivity contribution in [2.75, 3.05) is 0 Å². The molecular formula is C9H7N3OS. The van der Waals surface area contributed by atoms with Crippen molar-refractivity contribution in [3.05, 3.63) is 19.5 Å². The SMILES string of the molecule is C=c1sc(=C(C#N)C#N)n(CC)c1=O. The van der Waals surface area contributed by atoms with E-state index in [4.69, 9.17) is 10.5 Å². The van der Waals surface area contributed by atoms with Crippen molar-refractivity contribution in [1.29, 1.82) is 10.5 Å². The summed E-state index contributed by atoms with van der Waals surface area (Å²) < 4.78 is 2.13. The molecule has 0 fully saturated rings. The summed E-state index contributed by atoms with van der Waals surface area (Å²) in [7, 11) is 0. The summed E-state index contributed by atoms with van der Waals surface area (Å²) in [5.74, 6) is 0. The highest BCUT2D eigenvalue weighted by molar-refractivity contribution is 7.07. The fraction of sp³-hybridized carbons (Fsp3) is 0.222. The molecule has 0 bridgehead atoms. The van der Waals surface area contributed by atoms with Crippen LogP contribution in [0.15, 0.2) is 4.79 Å². The molecule has 14 heavy (non-hydrogen) atoms. The van der Waals surface area contributed by atoms with Crippen LogP contribution in [0.5, 0.6) is 0 Å². The first kappa shape index (κ1) is 10.2. The molecule has 0 unspecified atom stereocenters. The van der Waals surface area contributed by atoms with Crippen molar-refractivity contribution >= 4 is 23.5 Å². The lowest BCUT2D eigenvalue weighted by molar-refractivity contribution is 0.722. The van der Waals surface area contributed by atoms with E-state index in [9.17, 15) is 4.79 Å². The van der Waals surface area contributed by atoms with Gasteiger partial charge in [-0.2, -0.15) is 10.5 Å². The Labute approximate surface area is 84.3 Å². The second-order valence-corrected chi connectivity index (χ2v) is 3.56. The van der Waals surface area contributed by atoms with Gasteiger partial charge in [0.25, 0.3) is 5.56 Å². The van der Waals surface area contributed by atoms with E-state index < -0.39 is 0 Å². The summed E-state index contributed by atoms with van der Waals surface area (Å²) in [4.78, 5) is 11.4. The number of thiazole rings is 1. The molecule has 5 heteroatoms. The van der Waals surface area contributed by atoms with Gasteiger partial charge in [-0.15, -0.1) is 11.3 Å². The van der Waals surface area contributed by atoms with Crippen LogP contribution in [-0.4, -0.2) is 4.57 Å². The molecule has 4 nitrogen and oxygen atoms in total. The maximum Gasteiger partial charge on any atom is 0.268 e. The highest BCUT2D eigenvalue weighted by Crippen LogP contribution is 1.87. The number of aromatic nitrogens is 1. The van der Waals surface area contributed by atoms with Crippen LogP contribution in [0.2, 0.25) is 0 Å². The van der Waals surface area contributed by atoms with Gasteiger partial charge < -0.3 is 0 Å². The molecule has 0 amide bonds. The lowest BCUT2D eigenvalue weighted by Gasteiger charge is -1.93. The molecule has 0 N–H and O–H groups in total. The fourth-order valence-electron chi connectivity index (χ4n) is 1.05. The molecule has 1 heterocycles. The number of nitriles is 2. The van der Waals surface area contributed by atoms with Crippen molar-refractivity contribution < 1.29 is 0 Å². The van der Waals surface area contributed by atoms with E-state index in [1.807, 2.05) is 0 Å². The molecule has 70 valence electrons. The smallest absolute Gasteiger partial charge is 0.268 e. The number of nitrogens with zero attached hydrogens (tertiary/aromatic N) is 3. The molecule has 1 aromatic rings. The minimum absolute atomic E-state index is 0.0381. The average Bonchev–Trinajstić information content (AvgIpc) is 2.45. The van der Waals surface area contributed by atoms with Gasteiger partial charge in [-0.1, -0.05) is 6.58 Å². The number of hydrogen-bond acceptors (Lipinski definition) is 4. The molecule has 1 aromatic heterocycles. The summed E-state index contributed by atoms with van der Waals surface area (Å²) in [5.41, 5.74) is -0.264. The third-order valence-electron chi connectivity index (χ3n) is 1.70.